The Hall–Kier alpha value is -3.57. The van der Waals surface area contributed by atoms with Gasteiger partial charge in [-0.15, -0.1) is 0 Å². The fourth-order valence-corrected chi connectivity index (χ4v) is 5.94. The first-order valence-electron chi connectivity index (χ1n) is 13.8. The lowest BCUT2D eigenvalue weighted by atomic mass is 9.73. The number of nitrogens with one attached hydrogen (secondary N) is 1. The number of nitrogens with two attached hydrogens (primary N) is 1. The predicted molar refractivity (Wildman–Crippen MR) is 140 cm³/mol. The number of alkyl halides is 5. The van der Waals surface area contributed by atoms with Crippen LogP contribution in [-0.4, -0.2) is 38.5 Å². The standard InChI is InChI=1S/C29H32F5N5O2/c1-16-20(3-2-4-21(16)27(35)41)25(17-7-10-28(30,31)11-8-17)22-15-39-23(37-22)13-19(14-36-39)26(18-5-6-18)38-24(40)9-12-29(32,33)34/h2-4,13-15,17-18,25-26H,5-12H2,1H3,(H2,35,41)(H,38,40)/t25-,26+/m0/s1. The molecule has 3 aromatic rings. The molecule has 2 aliphatic rings. The van der Waals surface area contributed by atoms with Gasteiger partial charge in [-0.1, -0.05) is 12.1 Å². The highest BCUT2D eigenvalue weighted by Gasteiger charge is 2.40. The lowest BCUT2D eigenvalue weighted by Gasteiger charge is -2.34. The van der Waals surface area contributed by atoms with Crippen LogP contribution in [0.3, 0.4) is 0 Å². The van der Waals surface area contributed by atoms with Gasteiger partial charge in [-0.05, 0) is 73.3 Å². The van der Waals surface area contributed by atoms with E-state index < -0.39 is 48.7 Å². The van der Waals surface area contributed by atoms with Crippen molar-refractivity contribution in [3.8, 4) is 0 Å². The molecule has 1 aromatic carbocycles. The molecule has 2 saturated carbocycles. The number of nitrogens with zero attached hydrogens (tertiary/aromatic N) is 3. The average molecular weight is 578 g/mol. The zero-order valence-corrected chi connectivity index (χ0v) is 22.6. The van der Waals surface area contributed by atoms with E-state index in [1.165, 1.54) is 0 Å². The zero-order valence-electron chi connectivity index (χ0n) is 22.6. The Morgan fingerprint density at radius 1 is 1.15 bits per heavy atom. The molecule has 2 heterocycles. The molecule has 0 unspecified atom stereocenters. The van der Waals surface area contributed by atoms with Gasteiger partial charge in [-0.3, -0.25) is 9.59 Å². The maximum atomic E-state index is 14.1. The fraction of sp³-hybridized carbons (Fsp3) is 0.517. The van der Waals surface area contributed by atoms with Crippen LogP contribution < -0.4 is 11.1 Å². The summed E-state index contributed by atoms with van der Waals surface area (Å²) >= 11 is 0. The van der Waals surface area contributed by atoms with Gasteiger partial charge in [-0.25, -0.2) is 18.3 Å². The van der Waals surface area contributed by atoms with E-state index in [4.69, 9.17) is 10.7 Å². The first-order valence-corrected chi connectivity index (χ1v) is 13.8. The first-order chi connectivity index (χ1) is 19.3. The molecule has 0 saturated heterocycles. The lowest BCUT2D eigenvalue weighted by molar-refractivity contribution is -0.144. The molecule has 12 heteroatoms. The van der Waals surface area contributed by atoms with Crippen molar-refractivity contribution >= 4 is 17.5 Å². The molecular formula is C29H32F5N5O2. The summed E-state index contributed by atoms with van der Waals surface area (Å²) in [6, 6.07) is 6.48. The molecule has 220 valence electrons. The summed E-state index contributed by atoms with van der Waals surface area (Å²) in [6.07, 6.45) is -1.22. The topological polar surface area (TPSA) is 102 Å². The number of imidazole rings is 1. The van der Waals surface area contributed by atoms with Crippen molar-refractivity contribution in [3.05, 3.63) is 64.6 Å². The summed E-state index contributed by atoms with van der Waals surface area (Å²) < 4.78 is 67.5. The normalized spacial score (nSPS) is 19.2. The van der Waals surface area contributed by atoms with Crippen LogP contribution in [0.2, 0.25) is 0 Å². The molecule has 0 bridgehead atoms. The molecule has 0 spiro atoms. The molecule has 2 atom stereocenters. The monoisotopic (exact) mass is 577 g/mol. The maximum absolute atomic E-state index is 14.1. The van der Waals surface area contributed by atoms with E-state index in [-0.39, 0.29) is 37.5 Å². The van der Waals surface area contributed by atoms with Crippen molar-refractivity contribution in [1.29, 1.82) is 0 Å². The Labute approximate surface area is 233 Å². The molecule has 41 heavy (non-hydrogen) atoms. The van der Waals surface area contributed by atoms with Crippen LogP contribution in [0, 0.1) is 18.8 Å². The number of fused-ring (bicyclic) bond motifs is 1. The number of primary amides is 1. The van der Waals surface area contributed by atoms with E-state index in [0.29, 0.717) is 28.0 Å². The van der Waals surface area contributed by atoms with E-state index in [1.54, 1.807) is 42.0 Å². The minimum absolute atomic E-state index is 0.0966. The van der Waals surface area contributed by atoms with E-state index in [0.717, 1.165) is 18.4 Å². The second-order valence-electron chi connectivity index (χ2n) is 11.3. The first kappa shape index (κ1) is 28.9. The number of carbonyl (C=O) groups excluding carboxylic acids is 2. The molecule has 2 fully saturated rings. The Bertz CT molecular complexity index is 1440. The van der Waals surface area contributed by atoms with Crippen molar-refractivity contribution in [3.63, 3.8) is 0 Å². The lowest BCUT2D eigenvalue weighted by Crippen LogP contribution is -2.30. The van der Waals surface area contributed by atoms with Crippen LogP contribution in [0.15, 0.2) is 36.7 Å². The van der Waals surface area contributed by atoms with Crippen molar-refractivity contribution in [2.24, 2.45) is 17.6 Å². The third kappa shape index (κ3) is 6.68. The number of hydrogen-bond donors (Lipinski definition) is 2. The highest BCUT2D eigenvalue weighted by atomic mass is 19.4. The van der Waals surface area contributed by atoms with Gasteiger partial charge in [-0.2, -0.15) is 18.3 Å². The van der Waals surface area contributed by atoms with Crippen LogP contribution in [0.4, 0.5) is 22.0 Å². The third-order valence-corrected chi connectivity index (χ3v) is 8.29. The molecule has 2 amide bonds. The van der Waals surface area contributed by atoms with Crippen LogP contribution >= 0.6 is 0 Å². The number of hydrogen-bond acceptors (Lipinski definition) is 4. The van der Waals surface area contributed by atoms with E-state index in [9.17, 15) is 31.5 Å². The molecule has 0 radical (unpaired) electrons. The predicted octanol–water partition coefficient (Wildman–Crippen LogP) is 6.00. The highest BCUT2D eigenvalue weighted by molar-refractivity contribution is 5.94. The van der Waals surface area contributed by atoms with Crippen molar-refractivity contribution in [2.75, 3.05) is 0 Å². The SMILES string of the molecule is Cc1c(C(N)=O)cccc1[C@@H](c1cn2ncc([C@H](NC(=O)CCC(F)(F)F)C3CC3)cc2n1)C1CCC(F)(F)CC1. The largest absolute Gasteiger partial charge is 0.389 e. The quantitative estimate of drug-likeness (QED) is 0.305. The number of carbonyl (C=O) groups is 2. The van der Waals surface area contributed by atoms with Gasteiger partial charge < -0.3 is 11.1 Å². The Morgan fingerprint density at radius 3 is 2.49 bits per heavy atom. The smallest absolute Gasteiger partial charge is 0.366 e. The second kappa shape index (κ2) is 11.0. The number of benzene rings is 1. The summed E-state index contributed by atoms with van der Waals surface area (Å²) in [5.41, 5.74) is 9.10. The van der Waals surface area contributed by atoms with Crippen LogP contribution in [-0.2, 0) is 4.79 Å². The summed E-state index contributed by atoms with van der Waals surface area (Å²) in [6.45, 7) is 1.79. The summed E-state index contributed by atoms with van der Waals surface area (Å²) in [4.78, 5) is 29.2. The van der Waals surface area contributed by atoms with Gasteiger partial charge in [0.15, 0.2) is 5.65 Å². The maximum Gasteiger partial charge on any atom is 0.389 e. The number of amides is 2. The number of halogens is 5. The van der Waals surface area contributed by atoms with Crippen molar-refractivity contribution < 1.29 is 31.5 Å². The zero-order chi connectivity index (χ0) is 29.5. The molecule has 2 aliphatic carbocycles. The molecule has 7 nitrogen and oxygen atoms in total. The summed E-state index contributed by atoms with van der Waals surface area (Å²) in [7, 11) is 0. The van der Waals surface area contributed by atoms with Crippen LogP contribution in [0.5, 0.6) is 0 Å². The average Bonchev–Trinajstić information content (AvgIpc) is 3.65. The number of rotatable bonds is 9. The molecule has 5 rings (SSSR count). The summed E-state index contributed by atoms with van der Waals surface area (Å²) in [5.74, 6) is -4.43. The van der Waals surface area contributed by atoms with Gasteiger partial charge in [0.2, 0.25) is 17.7 Å². The van der Waals surface area contributed by atoms with Gasteiger partial charge in [0, 0.05) is 30.7 Å². The minimum atomic E-state index is -4.42. The fourth-order valence-electron chi connectivity index (χ4n) is 5.94. The van der Waals surface area contributed by atoms with E-state index in [2.05, 4.69) is 10.4 Å². The van der Waals surface area contributed by atoms with Crippen LogP contribution in [0.25, 0.3) is 5.65 Å². The number of aromatic nitrogens is 3. The molecule has 0 aliphatic heterocycles. The Morgan fingerprint density at radius 2 is 1.85 bits per heavy atom. The van der Waals surface area contributed by atoms with Crippen molar-refractivity contribution in [1.82, 2.24) is 19.9 Å². The van der Waals surface area contributed by atoms with Gasteiger partial charge in [0.1, 0.15) is 0 Å². The molecule has 3 N–H and O–H groups in total. The highest BCUT2D eigenvalue weighted by Crippen LogP contribution is 2.46. The summed E-state index contributed by atoms with van der Waals surface area (Å²) in [5, 5.41) is 7.21. The third-order valence-electron chi connectivity index (χ3n) is 8.29. The molecule has 2 aromatic heterocycles. The van der Waals surface area contributed by atoms with E-state index >= 15 is 0 Å². The van der Waals surface area contributed by atoms with Gasteiger partial charge >= 0.3 is 6.18 Å². The Kier molecular flexibility index (Phi) is 7.78. The second-order valence-corrected chi connectivity index (χ2v) is 11.3. The minimum Gasteiger partial charge on any atom is -0.366 e. The van der Waals surface area contributed by atoms with E-state index in [1.807, 2.05) is 6.07 Å². The molecular weight excluding hydrogens is 545 g/mol. The van der Waals surface area contributed by atoms with Gasteiger partial charge in [0.05, 0.1) is 30.6 Å². The van der Waals surface area contributed by atoms with Gasteiger partial charge in [0.25, 0.3) is 0 Å². The van der Waals surface area contributed by atoms with Crippen LogP contribution in [0.1, 0.15) is 96.1 Å². The van der Waals surface area contributed by atoms with Crippen molar-refractivity contribution in [2.45, 2.75) is 82.3 Å². The Balaban J connectivity index is 1.48.